The molecule has 108 valence electrons. The van der Waals surface area contributed by atoms with Crippen LogP contribution in [0, 0.1) is 0 Å². The number of nitrogens with one attached hydrogen (secondary N) is 1. The number of aliphatic hydroxyl groups excluding tert-OH is 1. The van der Waals surface area contributed by atoms with Crippen molar-refractivity contribution in [1.82, 2.24) is 5.32 Å². The van der Waals surface area contributed by atoms with Gasteiger partial charge in [0.05, 0.1) is 6.10 Å². The van der Waals surface area contributed by atoms with Gasteiger partial charge in [-0.15, -0.1) is 0 Å². The predicted octanol–water partition coefficient (Wildman–Crippen LogP) is 2.26. The first kappa shape index (κ1) is 16.2. The highest BCUT2D eigenvalue weighted by molar-refractivity contribution is 5.18. The van der Waals surface area contributed by atoms with Crippen molar-refractivity contribution in [2.24, 2.45) is 5.73 Å². The first-order valence-corrected chi connectivity index (χ1v) is 7.22. The summed E-state index contributed by atoms with van der Waals surface area (Å²) >= 11 is 0. The minimum absolute atomic E-state index is 0.271. The van der Waals surface area contributed by atoms with Gasteiger partial charge in [-0.2, -0.15) is 0 Å². The molecular formula is C16H28N2O. The van der Waals surface area contributed by atoms with E-state index in [9.17, 15) is 5.11 Å². The quantitative estimate of drug-likeness (QED) is 0.675. The van der Waals surface area contributed by atoms with Crippen molar-refractivity contribution in [3.63, 3.8) is 0 Å². The Morgan fingerprint density at radius 1 is 1.11 bits per heavy atom. The van der Waals surface area contributed by atoms with Gasteiger partial charge in [-0.25, -0.2) is 0 Å². The summed E-state index contributed by atoms with van der Waals surface area (Å²) in [4.78, 5) is 0. The molecule has 0 spiro atoms. The van der Waals surface area contributed by atoms with E-state index < -0.39 is 0 Å². The van der Waals surface area contributed by atoms with Gasteiger partial charge in [0.2, 0.25) is 0 Å². The number of nitrogens with two attached hydrogens (primary N) is 1. The van der Waals surface area contributed by atoms with Crippen LogP contribution in [0.5, 0.6) is 0 Å². The molecule has 0 aliphatic rings. The second-order valence-electron chi connectivity index (χ2n) is 5.63. The Labute approximate surface area is 117 Å². The molecule has 3 heteroatoms. The van der Waals surface area contributed by atoms with Gasteiger partial charge in [0.25, 0.3) is 0 Å². The smallest absolute Gasteiger partial charge is 0.0526 e. The van der Waals surface area contributed by atoms with Gasteiger partial charge in [-0.1, -0.05) is 37.3 Å². The van der Waals surface area contributed by atoms with Crippen LogP contribution in [0.25, 0.3) is 0 Å². The van der Waals surface area contributed by atoms with Crippen molar-refractivity contribution >= 4 is 0 Å². The van der Waals surface area contributed by atoms with Gasteiger partial charge >= 0.3 is 0 Å². The SMILES string of the molecule is CC(O)CC(C)NC(CN)CC(C)c1ccccc1. The van der Waals surface area contributed by atoms with Gasteiger partial charge in [-0.05, 0) is 38.2 Å². The molecule has 1 rings (SSSR count). The summed E-state index contributed by atoms with van der Waals surface area (Å²) in [5, 5.41) is 12.9. The van der Waals surface area contributed by atoms with E-state index in [1.807, 2.05) is 13.0 Å². The molecule has 0 aliphatic carbocycles. The minimum atomic E-state index is -0.271. The lowest BCUT2D eigenvalue weighted by Crippen LogP contribution is -2.43. The number of hydrogen-bond donors (Lipinski definition) is 3. The molecule has 0 aromatic heterocycles. The molecule has 4 unspecified atom stereocenters. The van der Waals surface area contributed by atoms with E-state index in [0.29, 0.717) is 18.5 Å². The van der Waals surface area contributed by atoms with Gasteiger partial charge in [0, 0.05) is 18.6 Å². The molecule has 0 fully saturated rings. The Hall–Kier alpha value is -0.900. The zero-order valence-corrected chi connectivity index (χ0v) is 12.3. The highest BCUT2D eigenvalue weighted by Gasteiger charge is 2.16. The Balaban J connectivity index is 2.48. The third-order valence-corrected chi connectivity index (χ3v) is 3.51. The van der Waals surface area contributed by atoms with Crippen molar-refractivity contribution in [2.75, 3.05) is 6.54 Å². The number of aliphatic hydroxyl groups is 1. The fraction of sp³-hybridized carbons (Fsp3) is 0.625. The van der Waals surface area contributed by atoms with Crippen LogP contribution in [0.2, 0.25) is 0 Å². The van der Waals surface area contributed by atoms with Crippen LogP contribution in [0.15, 0.2) is 30.3 Å². The summed E-state index contributed by atoms with van der Waals surface area (Å²) in [5.74, 6) is 0.487. The standard InChI is InChI=1S/C16H28N2O/c1-12(15-7-5-4-6-8-15)9-16(11-17)18-13(2)10-14(3)19/h4-8,12-14,16,18-19H,9-11,17H2,1-3H3. The molecule has 0 bridgehead atoms. The maximum absolute atomic E-state index is 9.40. The van der Waals surface area contributed by atoms with E-state index >= 15 is 0 Å². The Kier molecular flexibility index (Phi) is 7.06. The first-order chi connectivity index (χ1) is 9.02. The van der Waals surface area contributed by atoms with E-state index in [0.717, 1.165) is 12.8 Å². The molecule has 4 atom stereocenters. The average molecular weight is 264 g/mol. The molecule has 0 saturated carbocycles. The lowest BCUT2D eigenvalue weighted by molar-refractivity contribution is 0.167. The number of hydrogen-bond acceptors (Lipinski definition) is 3. The van der Waals surface area contributed by atoms with Gasteiger partial charge in [0.1, 0.15) is 0 Å². The van der Waals surface area contributed by atoms with E-state index in [-0.39, 0.29) is 12.1 Å². The topological polar surface area (TPSA) is 58.3 Å². The fourth-order valence-corrected chi connectivity index (χ4v) is 2.56. The summed E-state index contributed by atoms with van der Waals surface area (Å²) in [6.45, 7) is 6.78. The van der Waals surface area contributed by atoms with Crippen LogP contribution in [-0.2, 0) is 0 Å². The predicted molar refractivity (Wildman–Crippen MR) is 81.2 cm³/mol. The van der Waals surface area contributed by atoms with Crippen LogP contribution in [0.1, 0.15) is 45.1 Å². The van der Waals surface area contributed by atoms with Crippen LogP contribution >= 0.6 is 0 Å². The Morgan fingerprint density at radius 2 is 1.74 bits per heavy atom. The van der Waals surface area contributed by atoms with E-state index in [4.69, 9.17) is 5.73 Å². The molecule has 0 amide bonds. The minimum Gasteiger partial charge on any atom is -0.393 e. The zero-order chi connectivity index (χ0) is 14.3. The van der Waals surface area contributed by atoms with Gasteiger partial charge < -0.3 is 16.2 Å². The lowest BCUT2D eigenvalue weighted by atomic mass is 9.93. The number of rotatable bonds is 8. The maximum Gasteiger partial charge on any atom is 0.0526 e. The van der Waals surface area contributed by atoms with Crippen LogP contribution in [0.3, 0.4) is 0 Å². The lowest BCUT2D eigenvalue weighted by Gasteiger charge is -2.25. The fourth-order valence-electron chi connectivity index (χ4n) is 2.56. The second kappa shape index (κ2) is 8.31. The van der Waals surface area contributed by atoms with Gasteiger partial charge in [-0.3, -0.25) is 0 Å². The molecule has 0 saturated heterocycles. The second-order valence-corrected chi connectivity index (χ2v) is 5.63. The van der Waals surface area contributed by atoms with Crippen LogP contribution in [-0.4, -0.2) is 29.8 Å². The van der Waals surface area contributed by atoms with Crippen LogP contribution in [0.4, 0.5) is 0 Å². The molecule has 4 N–H and O–H groups in total. The Morgan fingerprint density at radius 3 is 2.26 bits per heavy atom. The summed E-state index contributed by atoms with van der Waals surface area (Å²) in [5.41, 5.74) is 7.21. The summed E-state index contributed by atoms with van der Waals surface area (Å²) in [6, 6.07) is 11.1. The number of benzene rings is 1. The summed E-state index contributed by atoms with van der Waals surface area (Å²) in [7, 11) is 0. The maximum atomic E-state index is 9.40. The molecule has 0 aliphatic heterocycles. The third kappa shape index (κ3) is 6.19. The van der Waals surface area contributed by atoms with Crippen molar-refractivity contribution in [2.45, 2.75) is 57.7 Å². The molecule has 1 aromatic rings. The molecule has 0 heterocycles. The highest BCUT2D eigenvalue weighted by atomic mass is 16.3. The Bertz CT molecular complexity index is 340. The average Bonchev–Trinajstić information content (AvgIpc) is 2.37. The summed E-state index contributed by atoms with van der Waals surface area (Å²) in [6.07, 6.45) is 1.51. The van der Waals surface area contributed by atoms with E-state index in [1.54, 1.807) is 0 Å². The normalized spacial score (nSPS) is 17.7. The molecule has 1 aromatic carbocycles. The van der Waals surface area contributed by atoms with E-state index in [2.05, 4.69) is 43.4 Å². The third-order valence-electron chi connectivity index (χ3n) is 3.51. The first-order valence-electron chi connectivity index (χ1n) is 7.22. The summed E-state index contributed by atoms with van der Waals surface area (Å²) < 4.78 is 0. The molecule has 19 heavy (non-hydrogen) atoms. The van der Waals surface area contributed by atoms with Crippen molar-refractivity contribution in [3.05, 3.63) is 35.9 Å². The zero-order valence-electron chi connectivity index (χ0n) is 12.3. The monoisotopic (exact) mass is 264 g/mol. The van der Waals surface area contributed by atoms with Crippen molar-refractivity contribution < 1.29 is 5.11 Å². The largest absolute Gasteiger partial charge is 0.393 e. The van der Waals surface area contributed by atoms with Crippen molar-refractivity contribution in [1.29, 1.82) is 0 Å². The van der Waals surface area contributed by atoms with Crippen LogP contribution < -0.4 is 11.1 Å². The van der Waals surface area contributed by atoms with Gasteiger partial charge in [0.15, 0.2) is 0 Å². The highest BCUT2D eigenvalue weighted by Crippen LogP contribution is 2.20. The molecule has 0 radical (unpaired) electrons. The molecule has 3 nitrogen and oxygen atoms in total. The van der Waals surface area contributed by atoms with E-state index in [1.165, 1.54) is 5.56 Å². The van der Waals surface area contributed by atoms with Crippen molar-refractivity contribution in [3.8, 4) is 0 Å². The molecular weight excluding hydrogens is 236 g/mol.